The number of anilines is 2. The van der Waals surface area contributed by atoms with Crippen LogP contribution in [0.5, 0.6) is 0 Å². The molecule has 88 valence electrons. The number of halogens is 1. The number of hydrogen-bond donors (Lipinski definition) is 2. The number of nitrogens with one attached hydrogen (secondary N) is 1. The van der Waals surface area contributed by atoms with Crippen LogP contribution in [0, 0.1) is 12.7 Å². The maximum atomic E-state index is 13.3. The SMILES string of the molecule is Cc1ccc(NCc2ccccc2N)cc1F. The zero-order valence-corrected chi connectivity index (χ0v) is 9.70. The smallest absolute Gasteiger partial charge is 0.128 e. The van der Waals surface area contributed by atoms with Crippen LogP contribution in [0.4, 0.5) is 15.8 Å². The lowest BCUT2D eigenvalue weighted by Crippen LogP contribution is -2.03. The molecule has 0 aromatic heterocycles. The fraction of sp³-hybridized carbons (Fsp3) is 0.143. The minimum Gasteiger partial charge on any atom is -0.398 e. The molecule has 17 heavy (non-hydrogen) atoms. The van der Waals surface area contributed by atoms with Gasteiger partial charge in [0.15, 0.2) is 0 Å². The topological polar surface area (TPSA) is 38.0 Å². The second kappa shape index (κ2) is 4.87. The Hall–Kier alpha value is -2.03. The van der Waals surface area contributed by atoms with E-state index in [9.17, 15) is 4.39 Å². The van der Waals surface area contributed by atoms with E-state index in [1.54, 1.807) is 13.0 Å². The van der Waals surface area contributed by atoms with Crippen molar-refractivity contribution in [3.05, 3.63) is 59.4 Å². The summed E-state index contributed by atoms with van der Waals surface area (Å²) in [5.74, 6) is -0.198. The molecule has 0 fully saturated rings. The van der Waals surface area contributed by atoms with Gasteiger partial charge >= 0.3 is 0 Å². The molecule has 2 aromatic rings. The summed E-state index contributed by atoms with van der Waals surface area (Å²) in [5.41, 5.74) is 8.98. The zero-order valence-electron chi connectivity index (χ0n) is 9.70. The van der Waals surface area contributed by atoms with Gasteiger partial charge in [-0.05, 0) is 36.2 Å². The van der Waals surface area contributed by atoms with E-state index in [4.69, 9.17) is 5.73 Å². The van der Waals surface area contributed by atoms with Crippen LogP contribution < -0.4 is 11.1 Å². The number of nitrogen functional groups attached to an aromatic ring is 1. The minimum atomic E-state index is -0.198. The summed E-state index contributed by atoms with van der Waals surface area (Å²) in [4.78, 5) is 0. The van der Waals surface area contributed by atoms with Crippen molar-refractivity contribution in [1.82, 2.24) is 0 Å². The number of nitrogens with two attached hydrogens (primary N) is 1. The fourth-order valence-corrected chi connectivity index (χ4v) is 1.60. The molecule has 2 rings (SSSR count). The molecule has 0 aliphatic carbocycles. The summed E-state index contributed by atoms with van der Waals surface area (Å²) in [6.07, 6.45) is 0. The standard InChI is InChI=1S/C14H15FN2/c1-10-6-7-12(8-13(10)15)17-9-11-4-2-3-5-14(11)16/h2-8,17H,9,16H2,1H3. The van der Waals surface area contributed by atoms with E-state index >= 15 is 0 Å². The summed E-state index contributed by atoms with van der Waals surface area (Å²) < 4.78 is 13.3. The zero-order chi connectivity index (χ0) is 12.3. The van der Waals surface area contributed by atoms with Crippen LogP contribution in [0.15, 0.2) is 42.5 Å². The molecule has 0 aliphatic rings. The Morgan fingerprint density at radius 2 is 1.94 bits per heavy atom. The summed E-state index contributed by atoms with van der Waals surface area (Å²) in [7, 11) is 0. The lowest BCUT2D eigenvalue weighted by Gasteiger charge is -2.09. The Morgan fingerprint density at radius 3 is 2.65 bits per heavy atom. The van der Waals surface area contributed by atoms with Crippen LogP contribution in [0.25, 0.3) is 0 Å². The molecule has 0 amide bonds. The van der Waals surface area contributed by atoms with Gasteiger partial charge in [0, 0.05) is 17.9 Å². The number of aryl methyl sites for hydroxylation is 1. The second-order valence-corrected chi connectivity index (χ2v) is 4.02. The summed E-state index contributed by atoms with van der Waals surface area (Å²) in [6, 6.07) is 12.7. The Labute approximate surface area is 100 Å². The number of hydrogen-bond acceptors (Lipinski definition) is 2. The molecular weight excluding hydrogens is 215 g/mol. The van der Waals surface area contributed by atoms with Crippen molar-refractivity contribution < 1.29 is 4.39 Å². The highest BCUT2D eigenvalue weighted by atomic mass is 19.1. The molecule has 0 saturated heterocycles. The van der Waals surface area contributed by atoms with E-state index in [-0.39, 0.29) is 5.82 Å². The van der Waals surface area contributed by atoms with Gasteiger partial charge in [0.1, 0.15) is 5.82 Å². The summed E-state index contributed by atoms with van der Waals surface area (Å²) >= 11 is 0. The first kappa shape index (κ1) is 11.5. The van der Waals surface area contributed by atoms with Crippen molar-refractivity contribution in [2.24, 2.45) is 0 Å². The quantitative estimate of drug-likeness (QED) is 0.794. The van der Waals surface area contributed by atoms with Crippen LogP contribution in [-0.4, -0.2) is 0 Å². The Bertz CT molecular complexity index is 523. The first-order valence-electron chi connectivity index (χ1n) is 5.50. The van der Waals surface area contributed by atoms with Gasteiger partial charge in [-0.25, -0.2) is 4.39 Å². The number of para-hydroxylation sites is 1. The van der Waals surface area contributed by atoms with E-state index in [1.165, 1.54) is 6.07 Å². The summed E-state index contributed by atoms with van der Waals surface area (Å²) in [5, 5.41) is 3.15. The van der Waals surface area contributed by atoms with Crippen LogP contribution in [-0.2, 0) is 6.54 Å². The molecule has 2 aromatic carbocycles. The lowest BCUT2D eigenvalue weighted by molar-refractivity contribution is 0.619. The van der Waals surface area contributed by atoms with Gasteiger partial charge in [-0.2, -0.15) is 0 Å². The van der Waals surface area contributed by atoms with E-state index in [1.807, 2.05) is 30.3 Å². The maximum absolute atomic E-state index is 13.3. The average Bonchev–Trinajstić information content (AvgIpc) is 2.32. The monoisotopic (exact) mass is 230 g/mol. The second-order valence-electron chi connectivity index (χ2n) is 4.02. The molecule has 0 spiro atoms. The third-order valence-corrected chi connectivity index (χ3v) is 2.71. The molecule has 0 radical (unpaired) electrons. The highest BCUT2D eigenvalue weighted by Crippen LogP contribution is 2.16. The Balaban J connectivity index is 2.08. The third-order valence-electron chi connectivity index (χ3n) is 2.71. The third kappa shape index (κ3) is 2.75. The highest BCUT2D eigenvalue weighted by Gasteiger charge is 2.00. The number of benzene rings is 2. The van der Waals surface area contributed by atoms with Crippen molar-refractivity contribution in [2.75, 3.05) is 11.1 Å². The van der Waals surface area contributed by atoms with E-state index < -0.39 is 0 Å². The molecular formula is C14H15FN2. The van der Waals surface area contributed by atoms with Crippen molar-refractivity contribution in [1.29, 1.82) is 0 Å². The lowest BCUT2D eigenvalue weighted by atomic mass is 10.1. The van der Waals surface area contributed by atoms with Gasteiger partial charge in [0.25, 0.3) is 0 Å². The highest BCUT2D eigenvalue weighted by molar-refractivity contribution is 5.50. The van der Waals surface area contributed by atoms with Gasteiger partial charge in [-0.3, -0.25) is 0 Å². The minimum absolute atomic E-state index is 0.198. The van der Waals surface area contributed by atoms with Crippen molar-refractivity contribution >= 4 is 11.4 Å². The number of rotatable bonds is 3. The maximum Gasteiger partial charge on any atom is 0.128 e. The molecule has 0 unspecified atom stereocenters. The Kier molecular flexibility index (Phi) is 3.28. The van der Waals surface area contributed by atoms with Crippen molar-refractivity contribution in [3.63, 3.8) is 0 Å². The van der Waals surface area contributed by atoms with E-state index in [0.717, 1.165) is 16.9 Å². The van der Waals surface area contributed by atoms with Crippen LogP contribution in [0.2, 0.25) is 0 Å². The first-order chi connectivity index (χ1) is 8.16. The van der Waals surface area contributed by atoms with Crippen molar-refractivity contribution in [2.45, 2.75) is 13.5 Å². The molecule has 0 heterocycles. The molecule has 0 saturated carbocycles. The molecule has 2 nitrogen and oxygen atoms in total. The Morgan fingerprint density at radius 1 is 1.18 bits per heavy atom. The normalized spacial score (nSPS) is 10.2. The van der Waals surface area contributed by atoms with Crippen molar-refractivity contribution in [3.8, 4) is 0 Å². The van der Waals surface area contributed by atoms with Gasteiger partial charge in [-0.1, -0.05) is 24.3 Å². The van der Waals surface area contributed by atoms with Gasteiger partial charge in [-0.15, -0.1) is 0 Å². The van der Waals surface area contributed by atoms with E-state index in [0.29, 0.717) is 12.1 Å². The molecule has 0 bridgehead atoms. The van der Waals surface area contributed by atoms with Crippen LogP contribution in [0.1, 0.15) is 11.1 Å². The fourth-order valence-electron chi connectivity index (χ4n) is 1.60. The largest absolute Gasteiger partial charge is 0.398 e. The first-order valence-corrected chi connectivity index (χ1v) is 5.50. The predicted octanol–water partition coefficient (Wildman–Crippen LogP) is 3.33. The molecule has 0 aliphatic heterocycles. The average molecular weight is 230 g/mol. The summed E-state index contributed by atoms with van der Waals surface area (Å²) in [6.45, 7) is 2.34. The van der Waals surface area contributed by atoms with E-state index in [2.05, 4.69) is 5.32 Å². The van der Waals surface area contributed by atoms with Crippen LogP contribution >= 0.6 is 0 Å². The van der Waals surface area contributed by atoms with Gasteiger partial charge < -0.3 is 11.1 Å². The predicted molar refractivity (Wildman–Crippen MR) is 69.3 cm³/mol. The molecule has 3 N–H and O–H groups in total. The van der Waals surface area contributed by atoms with Gasteiger partial charge in [0.2, 0.25) is 0 Å². The van der Waals surface area contributed by atoms with Gasteiger partial charge in [0.05, 0.1) is 0 Å². The van der Waals surface area contributed by atoms with Crippen LogP contribution in [0.3, 0.4) is 0 Å². The molecule has 0 atom stereocenters. The molecule has 3 heteroatoms.